The first-order chi connectivity index (χ1) is 6.15. The van der Waals surface area contributed by atoms with Crippen molar-refractivity contribution in [2.45, 2.75) is 6.17 Å². The summed E-state index contributed by atoms with van der Waals surface area (Å²) in [5.74, 6) is 0. The van der Waals surface area contributed by atoms with E-state index < -0.39 is 11.1 Å². The molecule has 1 aromatic rings. The standard InChI is InChI=1S/C8H5FN2O2/c9-8(5-10)6-1-3-7(4-2-6)11(12)13/h1-4,8H. The van der Waals surface area contributed by atoms with Gasteiger partial charge >= 0.3 is 0 Å². The molecule has 0 radical (unpaired) electrons. The molecule has 0 aromatic heterocycles. The van der Waals surface area contributed by atoms with Crippen LogP contribution in [0.4, 0.5) is 10.1 Å². The smallest absolute Gasteiger partial charge is 0.258 e. The number of hydrogen-bond donors (Lipinski definition) is 0. The van der Waals surface area contributed by atoms with Crippen LogP contribution >= 0.6 is 0 Å². The van der Waals surface area contributed by atoms with Crippen molar-refractivity contribution in [3.8, 4) is 6.07 Å². The molecule has 13 heavy (non-hydrogen) atoms. The van der Waals surface area contributed by atoms with Crippen LogP contribution in [0.15, 0.2) is 24.3 Å². The Balaban J connectivity index is 2.95. The highest BCUT2D eigenvalue weighted by molar-refractivity contribution is 5.35. The van der Waals surface area contributed by atoms with Gasteiger partial charge in [0.15, 0.2) is 0 Å². The third kappa shape index (κ3) is 1.99. The molecular weight excluding hydrogens is 175 g/mol. The zero-order valence-electron chi connectivity index (χ0n) is 6.48. The largest absolute Gasteiger partial charge is 0.269 e. The van der Waals surface area contributed by atoms with Crippen molar-refractivity contribution in [1.29, 1.82) is 5.26 Å². The van der Waals surface area contributed by atoms with Gasteiger partial charge in [-0.1, -0.05) is 0 Å². The van der Waals surface area contributed by atoms with Gasteiger partial charge in [0.25, 0.3) is 5.69 Å². The van der Waals surface area contributed by atoms with Crippen molar-refractivity contribution in [2.24, 2.45) is 0 Å². The summed E-state index contributed by atoms with van der Waals surface area (Å²) < 4.78 is 12.7. The molecule has 1 aromatic carbocycles. The summed E-state index contributed by atoms with van der Waals surface area (Å²) in [4.78, 5) is 9.62. The van der Waals surface area contributed by atoms with E-state index in [9.17, 15) is 14.5 Å². The molecule has 0 spiro atoms. The van der Waals surface area contributed by atoms with Gasteiger partial charge in [0, 0.05) is 17.7 Å². The van der Waals surface area contributed by atoms with Gasteiger partial charge in [-0.05, 0) is 12.1 Å². The number of benzene rings is 1. The predicted molar refractivity (Wildman–Crippen MR) is 42.6 cm³/mol. The van der Waals surface area contributed by atoms with E-state index in [1.807, 2.05) is 0 Å². The fourth-order valence-corrected chi connectivity index (χ4v) is 0.840. The Hall–Kier alpha value is -1.96. The average Bonchev–Trinajstić information content (AvgIpc) is 2.17. The fraction of sp³-hybridized carbons (Fsp3) is 0.125. The summed E-state index contributed by atoms with van der Waals surface area (Å²) in [6, 6.07) is 6.18. The highest BCUT2D eigenvalue weighted by Crippen LogP contribution is 2.19. The fourth-order valence-electron chi connectivity index (χ4n) is 0.840. The van der Waals surface area contributed by atoms with E-state index >= 15 is 0 Å². The number of halogens is 1. The number of hydrogen-bond acceptors (Lipinski definition) is 3. The maximum atomic E-state index is 12.7. The van der Waals surface area contributed by atoms with Gasteiger partial charge in [0.1, 0.15) is 6.07 Å². The molecule has 66 valence electrons. The molecule has 5 heteroatoms. The highest BCUT2D eigenvalue weighted by Gasteiger charge is 2.10. The number of nitriles is 1. The molecule has 1 atom stereocenters. The van der Waals surface area contributed by atoms with Crippen molar-refractivity contribution >= 4 is 5.69 Å². The molecule has 0 amide bonds. The van der Waals surface area contributed by atoms with Gasteiger partial charge in [0.2, 0.25) is 6.17 Å². The Kier molecular flexibility index (Phi) is 2.55. The Morgan fingerprint density at radius 3 is 2.38 bits per heavy atom. The van der Waals surface area contributed by atoms with E-state index in [1.165, 1.54) is 30.3 Å². The zero-order chi connectivity index (χ0) is 9.84. The minimum Gasteiger partial charge on any atom is -0.258 e. The molecule has 0 aliphatic heterocycles. The van der Waals surface area contributed by atoms with E-state index in [1.54, 1.807) is 0 Å². The van der Waals surface area contributed by atoms with Crippen molar-refractivity contribution in [3.05, 3.63) is 39.9 Å². The maximum absolute atomic E-state index is 12.7. The Morgan fingerprint density at radius 1 is 1.46 bits per heavy atom. The molecule has 0 heterocycles. The highest BCUT2D eigenvalue weighted by atomic mass is 19.1. The normalized spacial score (nSPS) is 11.7. The Morgan fingerprint density at radius 2 is 2.00 bits per heavy atom. The van der Waals surface area contributed by atoms with E-state index in [0.29, 0.717) is 0 Å². The summed E-state index contributed by atoms with van der Waals surface area (Å²) in [5.41, 5.74) is 0.0157. The second-order valence-corrected chi connectivity index (χ2v) is 2.34. The van der Waals surface area contributed by atoms with Crippen LogP contribution in [-0.4, -0.2) is 4.92 Å². The lowest BCUT2D eigenvalue weighted by Crippen LogP contribution is -1.90. The van der Waals surface area contributed by atoms with Gasteiger partial charge in [-0.2, -0.15) is 5.26 Å². The SMILES string of the molecule is N#CC(F)c1ccc([N+](=O)[O-])cc1. The van der Waals surface area contributed by atoms with E-state index in [2.05, 4.69) is 0 Å². The Bertz CT molecular complexity index is 355. The molecule has 0 aliphatic rings. The lowest BCUT2D eigenvalue weighted by Gasteiger charge is -1.97. The first-order valence-corrected chi connectivity index (χ1v) is 3.43. The summed E-state index contributed by atoms with van der Waals surface area (Å²) in [7, 11) is 0. The number of alkyl halides is 1. The molecule has 0 saturated carbocycles. The maximum Gasteiger partial charge on any atom is 0.269 e. The van der Waals surface area contributed by atoms with E-state index in [4.69, 9.17) is 5.26 Å². The number of non-ortho nitro benzene ring substituents is 1. The second kappa shape index (κ2) is 3.63. The number of rotatable bonds is 2. The first kappa shape index (κ1) is 9.13. The molecule has 0 fully saturated rings. The van der Waals surface area contributed by atoms with Gasteiger partial charge in [-0.25, -0.2) is 4.39 Å². The van der Waals surface area contributed by atoms with Crippen LogP contribution in [0.5, 0.6) is 0 Å². The number of nitrogens with zero attached hydrogens (tertiary/aromatic N) is 2. The van der Waals surface area contributed by atoms with Crippen molar-refractivity contribution in [3.63, 3.8) is 0 Å². The van der Waals surface area contributed by atoms with Crippen LogP contribution in [0, 0.1) is 21.4 Å². The van der Waals surface area contributed by atoms with Crippen LogP contribution in [-0.2, 0) is 0 Å². The predicted octanol–water partition coefficient (Wildman–Crippen LogP) is 2.13. The number of nitro benzene ring substituents is 1. The third-order valence-electron chi connectivity index (χ3n) is 1.51. The number of nitro groups is 1. The quantitative estimate of drug-likeness (QED) is 0.517. The summed E-state index contributed by atoms with van der Waals surface area (Å²) in [6.07, 6.45) is -1.72. The third-order valence-corrected chi connectivity index (χ3v) is 1.51. The van der Waals surface area contributed by atoms with Crippen LogP contribution in [0.1, 0.15) is 11.7 Å². The lowest BCUT2D eigenvalue weighted by molar-refractivity contribution is -0.384. The van der Waals surface area contributed by atoms with Crippen LogP contribution < -0.4 is 0 Å². The molecular formula is C8H5FN2O2. The molecule has 1 unspecified atom stereocenters. The van der Waals surface area contributed by atoms with E-state index in [0.717, 1.165) is 0 Å². The summed E-state index contributed by atoms with van der Waals surface area (Å²) in [5, 5.41) is 18.4. The minimum atomic E-state index is -1.72. The second-order valence-electron chi connectivity index (χ2n) is 2.34. The van der Waals surface area contributed by atoms with E-state index in [-0.39, 0.29) is 11.3 Å². The summed E-state index contributed by atoms with van der Waals surface area (Å²) >= 11 is 0. The monoisotopic (exact) mass is 180 g/mol. The topological polar surface area (TPSA) is 66.9 Å². The van der Waals surface area contributed by atoms with Gasteiger partial charge in [-0.3, -0.25) is 10.1 Å². The van der Waals surface area contributed by atoms with Crippen LogP contribution in [0.3, 0.4) is 0 Å². The zero-order valence-corrected chi connectivity index (χ0v) is 6.48. The van der Waals surface area contributed by atoms with Crippen LogP contribution in [0.2, 0.25) is 0 Å². The van der Waals surface area contributed by atoms with Gasteiger partial charge in [-0.15, -0.1) is 0 Å². The molecule has 0 saturated heterocycles. The molecule has 0 aliphatic carbocycles. The van der Waals surface area contributed by atoms with Crippen LogP contribution in [0.25, 0.3) is 0 Å². The van der Waals surface area contributed by atoms with Gasteiger partial charge < -0.3 is 0 Å². The van der Waals surface area contributed by atoms with Crippen molar-refractivity contribution in [1.82, 2.24) is 0 Å². The first-order valence-electron chi connectivity index (χ1n) is 3.43. The average molecular weight is 180 g/mol. The lowest BCUT2D eigenvalue weighted by atomic mass is 10.1. The molecule has 0 N–H and O–H groups in total. The molecule has 0 bridgehead atoms. The van der Waals surface area contributed by atoms with Crippen molar-refractivity contribution < 1.29 is 9.31 Å². The molecule has 1 rings (SSSR count). The van der Waals surface area contributed by atoms with Gasteiger partial charge in [0.05, 0.1) is 4.92 Å². The Labute approximate surface area is 73.4 Å². The van der Waals surface area contributed by atoms with Crippen molar-refractivity contribution in [2.75, 3.05) is 0 Å². The molecule has 4 nitrogen and oxygen atoms in total. The minimum absolute atomic E-state index is 0.117. The summed E-state index contributed by atoms with van der Waals surface area (Å²) in [6.45, 7) is 0.